The molecule has 3 rings (SSSR count). The van der Waals surface area contributed by atoms with E-state index < -0.39 is 17.9 Å². The van der Waals surface area contributed by atoms with Gasteiger partial charge in [0.2, 0.25) is 0 Å². The van der Waals surface area contributed by atoms with Crippen LogP contribution in [0.3, 0.4) is 0 Å². The van der Waals surface area contributed by atoms with E-state index in [0.29, 0.717) is 16.7 Å². The Hall–Kier alpha value is -3.89. The van der Waals surface area contributed by atoms with Crippen LogP contribution in [0.4, 0.5) is 25.6 Å². The van der Waals surface area contributed by atoms with Crippen molar-refractivity contribution in [3.05, 3.63) is 41.8 Å². The molecule has 140 valence electrons. The number of nitrogens with zero attached hydrogens (tertiary/aromatic N) is 2. The molecule has 0 saturated carbocycles. The largest absolute Gasteiger partial charge is 0.496 e. The van der Waals surface area contributed by atoms with Crippen molar-refractivity contribution >= 4 is 34.7 Å². The van der Waals surface area contributed by atoms with Crippen LogP contribution in [0.25, 0.3) is 10.9 Å². The number of carbonyl (C=O) groups is 2. The fraction of sp³-hybridized carbons (Fsp3) is 0.125. The molecule has 0 aliphatic carbocycles. The SMILES string of the molecule is COc1cccc(F)c1CNC(=O)Nc1cc2[nH]nc(NC(=O)O)c2cn1. The Morgan fingerprint density at radius 1 is 1.33 bits per heavy atom. The van der Waals surface area contributed by atoms with Crippen molar-refractivity contribution in [1.82, 2.24) is 20.5 Å². The van der Waals surface area contributed by atoms with Gasteiger partial charge in [-0.05, 0) is 12.1 Å². The number of urea groups is 1. The average Bonchev–Trinajstić information content (AvgIpc) is 3.02. The van der Waals surface area contributed by atoms with E-state index in [2.05, 4.69) is 31.1 Å². The zero-order valence-corrected chi connectivity index (χ0v) is 14.0. The third-order valence-electron chi connectivity index (χ3n) is 3.64. The number of amides is 3. The standard InChI is InChI=1S/C16H15FN6O4/c1-27-12-4-2-3-10(17)8(12)6-19-15(24)20-13-5-11-9(7-18-13)14(23-22-11)21-16(25)26/h2-5,7H,6H2,1H3,(H,25,26)(H2,21,22,23)(H2,18,19,20,24). The lowest BCUT2D eigenvalue weighted by Gasteiger charge is -2.11. The van der Waals surface area contributed by atoms with Crippen LogP contribution in [0.1, 0.15) is 5.56 Å². The number of pyridine rings is 1. The number of aromatic amines is 1. The summed E-state index contributed by atoms with van der Waals surface area (Å²) in [4.78, 5) is 26.8. The Morgan fingerprint density at radius 2 is 2.15 bits per heavy atom. The summed E-state index contributed by atoms with van der Waals surface area (Å²) >= 11 is 0. The van der Waals surface area contributed by atoms with Crippen LogP contribution < -0.4 is 20.7 Å². The fourth-order valence-corrected chi connectivity index (χ4v) is 2.41. The molecule has 5 N–H and O–H groups in total. The number of H-pyrrole nitrogens is 1. The molecule has 0 unspecified atom stereocenters. The van der Waals surface area contributed by atoms with E-state index in [1.54, 1.807) is 6.07 Å². The number of ether oxygens (including phenoxy) is 1. The van der Waals surface area contributed by atoms with Crippen molar-refractivity contribution in [1.29, 1.82) is 0 Å². The molecule has 0 bridgehead atoms. The quantitative estimate of drug-likeness (QED) is 0.465. The topological polar surface area (TPSA) is 141 Å². The molecule has 0 saturated heterocycles. The Morgan fingerprint density at radius 3 is 2.89 bits per heavy atom. The molecule has 0 aliphatic rings. The molecule has 0 radical (unpaired) electrons. The first-order valence-electron chi connectivity index (χ1n) is 7.68. The van der Waals surface area contributed by atoms with Gasteiger partial charge in [-0.3, -0.25) is 15.7 Å². The van der Waals surface area contributed by atoms with Gasteiger partial charge in [0, 0.05) is 17.8 Å². The summed E-state index contributed by atoms with van der Waals surface area (Å²) in [6.07, 6.45) is 0.105. The number of aromatic nitrogens is 3. The second kappa shape index (κ2) is 7.56. The van der Waals surface area contributed by atoms with Crippen LogP contribution in [-0.2, 0) is 6.54 Å². The van der Waals surface area contributed by atoms with Crippen LogP contribution in [-0.4, -0.2) is 39.5 Å². The summed E-state index contributed by atoms with van der Waals surface area (Å²) in [5, 5.41) is 22.8. The highest BCUT2D eigenvalue weighted by atomic mass is 19.1. The van der Waals surface area contributed by atoms with Gasteiger partial charge in [-0.1, -0.05) is 6.07 Å². The summed E-state index contributed by atoms with van der Waals surface area (Å²) < 4.78 is 18.9. The Kier molecular flexibility index (Phi) is 5.01. The lowest BCUT2D eigenvalue weighted by molar-refractivity contribution is 0.209. The number of halogens is 1. The number of carboxylic acid groups (broad SMARTS) is 1. The van der Waals surface area contributed by atoms with Crippen LogP contribution in [0, 0.1) is 5.82 Å². The van der Waals surface area contributed by atoms with Gasteiger partial charge in [-0.2, -0.15) is 5.10 Å². The lowest BCUT2D eigenvalue weighted by Crippen LogP contribution is -2.29. The molecule has 0 atom stereocenters. The number of methoxy groups -OCH3 is 1. The minimum absolute atomic E-state index is 0.0827. The smallest absolute Gasteiger partial charge is 0.410 e. The molecule has 0 spiro atoms. The van der Waals surface area contributed by atoms with Crippen LogP contribution in [0.2, 0.25) is 0 Å². The Balaban J connectivity index is 1.67. The van der Waals surface area contributed by atoms with Gasteiger partial charge in [-0.25, -0.2) is 19.0 Å². The van der Waals surface area contributed by atoms with Crippen molar-refractivity contribution in [3.8, 4) is 5.75 Å². The zero-order valence-electron chi connectivity index (χ0n) is 14.0. The minimum Gasteiger partial charge on any atom is -0.496 e. The van der Waals surface area contributed by atoms with Gasteiger partial charge >= 0.3 is 12.1 Å². The van der Waals surface area contributed by atoms with Crippen LogP contribution in [0.5, 0.6) is 5.75 Å². The molecule has 3 amide bonds. The van der Waals surface area contributed by atoms with Crippen molar-refractivity contribution in [2.24, 2.45) is 0 Å². The highest BCUT2D eigenvalue weighted by Gasteiger charge is 2.13. The van der Waals surface area contributed by atoms with E-state index in [0.717, 1.165) is 0 Å². The monoisotopic (exact) mass is 374 g/mol. The van der Waals surface area contributed by atoms with Crippen LogP contribution >= 0.6 is 0 Å². The molecule has 1 aromatic carbocycles. The maximum Gasteiger partial charge on any atom is 0.410 e. The van der Waals surface area contributed by atoms with Crippen molar-refractivity contribution in [3.63, 3.8) is 0 Å². The third kappa shape index (κ3) is 4.03. The summed E-state index contributed by atoms with van der Waals surface area (Å²) in [6.45, 7) is -0.0827. The van der Waals surface area contributed by atoms with E-state index in [9.17, 15) is 14.0 Å². The van der Waals surface area contributed by atoms with E-state index in [1.807, 2.05) is 0 Å². The van der Waals surface area contributed by atoms with Gasteiger partial charge in [0.05, 0.1) is 24.6 Å². The second-order valence-electron chi connectivity index (χ2n) is 5.35. The average molecular weight is 374 g/mol. The number of rotatable bonds is 5. The number of benzene rings is 1. The molecule has 2 heterocycles. The van der Waals surface area contributed by atoms with E-state index >= 15 is 0 Å². The molecule has 2 aromatic heterocycles. The normalized spacial score (nSPS) is 10.4. The highest BCUT2D eigenvalue weighted by molar-refractivity contribution is 5.98. The highest BCUT2D eigenvalue weighted by Crippen LogP contribution is 2.22. The Bertz CT molecular complexity index is 1010. The first-order chi connectivity index (χ1) is 13.0. The van der Waals surface area contributed by atoms with Gasteiger partial charge in [-0.15, -0.1) is 0 Å². The molecule has 0 fully saturated rings. The molecule has 0 aliphatic heterocycles. The van der Waals surface area contributed by atoms with Gasteiger partial charge in [0.25, 0.3) is 0 Å². The molecule has 3 aromatic rings. The Labute approximate surface area is 151 Å². The van der Waals surface area contributed by atoms with E-state index in [1.165, 1.54) is 31.5 Å². The fourth-order valence-electron chi connectivity index (χ4n) is 2.41. The van der Waals surface area contributed by atoms with Crippen molar-refractivity contribution < 1.29 is 23.8 Å². The number of nitrogens with one attached hydrogen (secondary N) is 4. The second-order valence-corrected chi connectivity index (χ2v) is 5.35. The number of fused-ring (bicyclic) bond motifs is 1. The summed E-state index contributed by atoms with van der Waals surface area (Å²) in [7, 11) is 1.41. The summed E-state index contributed by atoms with van der Waals surface area (Å²) in [5.41, 5.74) is 0.691. The molecule has 11 heteroatoms. The first-order valence-corrected chi connectivity index (χ1v) is 7.68. The predicted octanol–water partition coefficient (Wildman–Crippen LogP) is 2.52. The molecular formula is C16H15FN6O4. The maximum absolute atomic E-state index is 13.9. The first kappa shape index (κ1) is 17.9. The summed E-state index contributed by atoms with van der Waals surface area (Å²) in [6, 6.07) is 5.26. The van der Waals surface area contributed by atoms with Gasteiger partial charge < -0.3 is 15.2 Å². The van der Waals surface area contributed by atoms with Gasteiger partial charge in [0.1, 0.15) is 17.4 Å². The van der Waals surface area contributed by atoms with E-state index in [-0.39, 0.29) is 23.7 Å². The van der Waals surface area contributed by atoms with Crippen molar-refractivity contribution in [2.45, 2.75) is 6.54 Å². The number of carbonyl (C=O) groups excluding carboxylic acids is 1. The van der Waals surface area contributed by atoms with Gasteiger partial charge in [0.15, 0.2) is 5.82 Å². The summed E-state index contributed by atoms with van der Waals surface area (Å²) in [5.74, 6) is 0.134. The molecule has 10 nitrogen and oxygen atoms in total. The van der Waals surface area contributed by atoms with Crippen LogP contribution in [0.15, 0.2) is 30.5 Å². The number of anilines is 2. The minimum atomic E-state index is -1.26. The molecule has 27 heavy (non-hydrogen) atoms. The number of hydrogen-bond donors (Lipinski definition) is 5. The van der Waals surface area contributed by atoms with Crippen molar-refractivity contribution in [2.75, 3.05) is 17.7 Å². The zero-order chi connectivity index (χ0) is 19.4. The third-order valence-corrected chi connectivity index (χ3v) is 3.64. The predicted molar refractivity (Wildman–Crippen MR) is 94.3 cm³/mol. The van der Waals surface area contributed by atoms with E-state index in [4.69, 9.17) is 9.84 Å². The molecular weight excluding hydrogens is 359 g/mol. The maximum atomic E-state index is 13.9. The lowest BCUT2D eigenvalue weighted by atomic mass is 10.2. The number of hydrogen-bond acceptors (Lipinski definition) is 5.